The summed E-state index contributed by atoms with van der Waals surface area (Å²) in [6.45, 7) is -0.0989. The van der Waals surface area contributed by atoms with E-state index < -0.39 is 11.9 Å². The van der Waals surface area contributed by atoms with Crippen molar-refractivity contribution in [3.8, 4) is 5.75 Å². The highest BCUT2D eigenvalue weighted by Crippen LogP contribution is 2.25. The first-order valence-electron chi connectivity index (χ1n) is 7.62. The van der Waals surface area contributed by atoms with Gasteiger partial charge in [0, 0.05) is 0 Å². The van der Waals surface area contributed by atoms with Crippen LogP contribution in [0.15, 0.2) is 47.5 Å². The fourth-order valence-corrected chi connectivity index (χ4v) is 3.87. The van der Waals surface area contributed by atoms with Gasteiger partial charge in [0.25, 0.3) is 5.91 Å². The molecule has 3 aromatic rings. The fourth-order valence-electron chi connectivity index (χ4n) is 2.48. The molecular weight excluding hydrogens is 376 g/mol. The molecule has 1 heterocycles. The van der Waals surface area contributed by atoms with Gasteiger partial charge in [-0.1, -0.05) is 41.1 Å². The van der Waals surface area contributed by atoms with Gasteiger partial charge in [-0.15, -0.1) is 0 Å². The number of amides is 1. The summed E-state index contributed by atoms with van der Waals surface area (Å²) in [7, 11) is 2.79. The number of hydrogen-bond acceptors (Lipinski definition) is 5. The summed E-state index contributed by atoms with van der Waals surface area (Å²) in [4.78, 5) is 29.0. The standard InChI is InChI=1S/C18H15ClN2O4S/c1-24-13-8-4-3-6-11(13)17(23)20-18-21(10-15(22)25-2)16-12(19)7-5-9-14(16)26-18/h3-9H,10H2,1-2H3. The number of rotatable bonds is 4. The quantitative estimate of drug-likeness (QED) is 0.641. The van der Waals surface area contributed by atoms with Crippen LogP contribution in [0.1, 0.15) is 10.4 Å². The number of hydrogen-bond donors (Lipinski definition) is 0. The molecule has 0 aliphatic carbocycles. The second-order valence-corrected chi connectivity index (χ2v) is 6.67. The van der Waals surface area contributed by atoms with Gasteiger partial charge in [0.05, 0.1) is 35.0 Å². The van der Waals surface area contributed by atoms with Crippen molar-refractivity contribution in [2.75, 3.05) is 14.2 Å². The third kappa shape index (κ3) is 3.49. The van der Waals surface area contributed by atoms with Crippen molar-refractivity contribution in [1.29, 1.82) is 0 Å². The highest BCUT2D eigenvalue weighted by atomic mass is 35.5. The summed E-state index contributed by atoms with van der Waals surface area (Å²) in [6, 6.07) is 12.2. The third-order valence-corrected chi connectivity index (χ3v) is 5.05. The first-order chi connectivity index (χ1) is 12.5. The molecule has 0 fully saturated rings. The molecule has 0 atom stereocenters. The first-order valence-corrected chi connectivity index (χ1v) is 8.81. The van der Waals surface area contributed by atoms with E-state index in [0.717, 1.165) is 4.70 Å². The van der Waals surface area contributed by atoms with E-state index >= 15 is 0 Å². The van der Waals surface area contributed by atoms with Gasteiger partial charge in [0.1, 0.15) is 12.3 Å². The number of aromatic nitrogens is 1. The monoisotopic (exact) mass is 390 g/mol. The predicted octanol–water partition coefficient (Wildman–Crippen LogP) is 3.28. The number of methoxy groups -OCH3 is 2. The zero-order valence-corrected chi connectivity index (χ0v) is 15.6. The Kier molecular flexibility index (Phi) is 5.39. The Labute approximate surface area is 158 Å². The van der Waals surface area contributed by atoms with Crippen molar-refractivity contribution in [2.45, 2.75) is 6.54 Å². The lowest BCUT2D eigenvalue weighted by Crippen LogP contribution is -2.22. The molecule has 0 aliphatic heterocycles. The molecule has 6 nitrogen and oxygen atoms in total. The van der Waals surface area contributed by atoms with Crippen LogP contribution in [0.2, 0.25) is 5.02 Å². The van der Waals surface area contributed by atoms with Gasteiger partial charge in [-0.3, -0.25) is 9.59 Å². The molecule has 0 bridgehead atoms. The van der Waals surface area contributed by atoms with E-state index in [0.29, 0.717) is 26.7 Å². The maximum Gasteiger partial charge on any atom is 0.325 e. The summed E-state index contributed by atoms with van der Waals surface area (Å²) in [5, 5.41) is 0.467. The van der Waals surface area contributed by atoms with E-state index in [1.807, 2.05) is 6.07 Å². The van der Waals surface area contributed by atoms with Gasteiger partial charge in [-0.2, -0.15) is 4.99 Å². The number of benzene rings is 2. The van der Waals surface area contributed by atoms with Crippen molar-refractivity contribution in [3.63, 3.8) is 0 Å². The van der Waals surface area contributed by atoms with Crippen LogP contribution in [-0.4, -0.2) is 30.7 Å². The Morgan fingerprint density at radius 2 is 1.92 bits per heavy atom. The lowest BCUT2D eigenvalue weighted by Gasteiger charge is -2.06. The van der Waals surface area contributed by atoms with Crippen LogP contribution in [0.3, 0.4) is 0 Å². The van der Waals surface area contributed by atoms with E-state index in [-0.39, 0.29) is 6.54 Å². The van der Waals surface area contributed by atoms with Gasteiger partial charge in [-0.05, 0) is 24.3 Å². The number of carbonyl (C=O) groups excluding carboxylic acids is 2. The van der Waals surface area contributed by atoms with E-state index in [1.54, 1.807) is 41.0 Å². The predicted molar refractivity (Wildman–Crippen MR) is 99.7 cm³/mol. The average Bonchev–Trinajstić information content (AvgIpc) is 2.99. The van der Waals surface area contributed by atoms with Crippen LogP contribution in [-0.2, 0) is 16.1 Å². The molecule has 134 valence electrons. The topological polar surface area (TPSA) is 69.9 Å². The van der Waals surface area contributed by atoms with Crippen molar-refractivity contribution in [1.82, 2.24) is 4.57 Å². The summed E-state index contributed by atoms with van der Waals surface area (Å²) in [6.07, 6.45) is 0. The third-order valence-electron chi connectivity index (χ3n) is 3.70. The molecule has 0 saturated carbocycles. The largest absolute Gasteiger partial charge is 0.496 e. The maximum atomic E-state index is 12.7. The van der Waals surface area contributed by atoms with Gasteiger partial charge in [0.15, 0.2) is 4.80 Å². The number of esters is 1. The number of thiazole rings is 1. The molecule has 1 aromatic heterocycles. The normalized spacial score (nSPS) is 11.6. The van der Waals surface area contributed by atoms with Crippen LogP contribution < -0.4 is 9.54 Å². The molecule has 1 amide bonds. The molecule has 0 aliphatic rings. The Morgan fingerprint density at radius 1 is 1.15 bits per heavy atom. The van der Waals surface area contributed by atoms with E-state index in [9.17, 15) is 9.59 Å². The van der Waals surface area contributed by atoms with Crippen LogP contribution >= 0.6 is 22.9 Å². The number of fused-ring (bicyclic) bond motifs is 1. The lowest BCUT2D eigenvalue weighted by atomic mass is 10.2. The molecular formula is C18H15ClN2O4S. The Balaban J connectivity index is 2.18. The molecule has 0 N–H and O–H groups in total. The van der Waals surface area contributed by atoms with Gasteiger partial charge in [-0.25, -0.2) is 0 Å². The Hall–Kier alpha value is -2.64. The smallest absolute Gasteiger partial charge is 0.325 e. The molecule has 8 heteroatoms. The summed E-state index contributed by atoms with van der Waals surface area (Å²) < 4.78 is 12.4. The summed E-state index contributed by atoms with van der Waals surface area (Å²) in [5.41, 5.74) is 0.972. The fraction of sp³-hybridized carbons (Fsp3) is 0.167. The summed E-state index contributed by atoms with van der Waals surface area (Å²) >= 11 is 7.56. The molecule has 2 aromatic carbocycles. The second kappa shape index (κ2) is 7.72. The zero-order valence-electron chi connectivity index (χ0n) is 14.1. The second-order valence-electron chi connectivity index (χ2n) is 5.25. The summed E-state index contributed by atoms with van der Waals surface area (Å²) in [5.74, 6) is -0.500. The SMILES string of the molecule is COC(=O)Cn1c(=NC(=O)c2ccccc2OC)sc2cccc(Cl)c21. The van der Waals surface area contributed by atoms with E-state index in [4.69, 9.17) is 21.1 Å². The maximum absolute atomic E-state index is 12.7. The number of nitrogens with zero attached hydrogens (tertiary/aromatic N) is 2. The van der Waals surface area contributed by atoms with Crippen LogP contribution in [0, 0.1) is 0 Å². The number of halogens is 1. The van der Waals surface area contributed by atoms with Crippen molar-refractivity contribution >= 4 is 45.0 Å². The number of para-hydroxylation sites is 2. The minimum Gasteiger partial charge on any atom is -0.496 e. The van der Waals surface area contributed by atoms with Gasteiger partial charge >= 0.3 is 5.97 Å². The molecule has 3 rings (SSSR count). The van der Waals surface area contributed by atoms with Crippen LogP contribution in [0.25, 0.3) is 10.2 Å². The Morgan fingerprint density at radius 3 is 2.65 bits per heavy atom. The van der Waals surface area contributed by atoms with E-state index in [2.05, 4.69) is 4.99 Å². The molecule has 0 radical (unpaired) electrons. The molecule has 0 saturated heterocycles. The lowest BCUT2D eigenvalue weighted by molar-refractivity contribution is -0.141. The van der Waals surface area contributed by atoms with Crippen LogP contribution in [0.5, 0.6) is 5.75 Å². The average molecular weight is 391 g/mol. The number of carbonyl (C=O) groups is 2. The number of ether oxygens (including phenoxy) is 2. The van der Waals surface area contributed by atoms with Crippen molar-refractivity contribution in [3.05, 3.63) is 57.9 Å². The minimum absolute atomic E-state index is 0.0989. The highest BCUT2D eigenvalue weighted by molar-refractivity contribution is 7.16. The minimum atomic E-state index is -0.469. The first kappa shape index (κ1) is 18.2. The van der Waals surface area contributed by atoms with Crippen LogP contribution in [0.4, 0.5) is 0 Å². The Bertz CT molecular complexity index is 1050. The van der Waals surface area contributed by atoms with Gasteiger partial charge < -0.3 is 14.0 Å². The molecule has 0 spiro atoms. The van der Waals surface area contributed by atoms with Gasteiger partial charge in [0.2, 0.25) is 0 Å². The molecule has 26 heavy (non-hydrogen) atoms. The zero-order chi connectivity index (χ0) is 18.7. The van der Waals surface area contributed by atoms with E-state index in [1.165, 1.54) is 25.6 Å². The van der Waals surface area contributed by atoms with Crippen molar-refractivity contribution < 1.29 is 19.1 Å². The highest BCUT2D eigenvalue weighted by Gasteiger charge is 2.16. The van der Waals surface area contributed by atoms with Crippen molar-refractivity contribution in [2.24, 2.45) is 4.99 Å². The molecule has 0 unspecified atom stereocenters.